The summed E-state index contributed by atoms with van der Waals surface area (Å²) >= 11 is 0.868. The zero-order valence-corrected chi connectivity index (χ0v) is 12.9. The lowest BCUT2D eigenvalue weighted by atomic mass is 9.92. The van der Waals surface area contributed by atoms with Gasteiger partial charge in [-0.05, 0) is 13.0 Å². The van der Waals surface area contributed by atoms with Crippen molar-refractivity contribution in [3.05, 3.63) is 22.9 Å². The van der Waals surface area contributed by atoms with Gasteiger partial charge in [-0.15, -0.1) is 0 Å². The van der Waals surface area contributed by atoms with E-state index in [0.717, 1.165) is 17.8 Å². The van der Waals surface area contributed by atoms with E-state index in [0.29, 0.717) is 0 Å². The number of rotatable bonds is 3. The van der Waals surface area contributed by atoms with E-state index in [-0.39, 0.29) is 22.3 Å². The lowest BCUT2D eigenvalue weighted by molar-refractivity contribution is -0.138. The average molecular weight is 316 g/mol. The SMILES string of the molecule is Cc1cc(C(F)(F)F)c(C#N)c(SCC(=O)C(C)(C)C)n1. The Kier molecular flexibility index (Phi) is 5.05. The van der Waals surface area contributed by atoms with Gasteiger partial charge in [0.05, 0.1) is 16.9 Å². The summed E-state index contributed by atoms with van der Waals surface area (Å²) in [5.41, 5.74) is -1.97. The summed E-state index contributed by atoms with van der Waals surface area (Å²) < 4.78 is 38.8. The van der Waals surface area contributed by atoms with Crippen LogP contribution in [-0.4, -0.2) is 16.5 Å². The van der Waals surface area contributed by atoms with Crippen molar-refractivity contribution in [2.75, 3.05) is 5.75 Å². The molecular weight excluding hydrogens is 301 g/mol. The molecule has 0 aliphatic rings. The number of hydrogen-bond acceptors (Lipinski definition) is 4. The predicted octanol–water partition coefficient (Wildman–Crippen LogP) is 3.99. The van der Waals surface area contributed by atoms with E-state index in [9.17, 15) is 18.0 Å². The summed E-state index contributed by atoms with van der Waals surface area (Å²) in [4.78, 5) is 15.8. The number of alkyl halides is 3. The van der Waals surface area contributed by atoms with Crippen LogP contribution in [-0.2, 0) is 11.0 Å². The Balaban J connectivity index is 3.17. The van der Waals surface area contributed by atoms with Crippen molar-refractivity contribution in [3.8, 4) is 6.07 Å². The third kappa shape index (κ3) is 4.46. The molecule has 1 aromatic rings. The van der Waals surface area contributed by atoms with Gasteiger partial charge in [0.15, 0.2) is 0 Å². The topological polar surface area (TPSA) is 53.8 Å². The molecule has 0 saturated heterocycles. The predicted molar refractivity (Wildman–Crippen MR) is 73.9 cm³/mol. The molecule has 7 heteroatoms. The summed E-state index contributed by atoms with van der Waals surface area (Å²) in [6, 6.07) is 2.39. The molecule has 0 saturated carbocycles. The summed E-state index contributed by atoms with van der Waals surface area (Å²) in [6.45, 7) is 6.61. The fourth-order valence-electron chi connectivity index (χ4n) is 1.43. The van der Waals surface area contributed by atoms with Crippen LogP contribution in [0.5, 0.6) is 0 Å². The normalized spacial score (nSPS) is 12.1. The van der Waals surface area contributed by atoms with Crippen LogP contribution in [0, 0.1) is 23.7 Å². The highest BCUT2D eigenvalue weighted by atomic mass is 32.2. The van der Waals surface area contributed by atoms with Crippen LogP contribution in [0.2, 0.25) is 0 Å². The van der Waals surface area contributed by atoms with E-state index in [2.05, 4.69) is 4.98 Å². The van der Waals surface area contributed by atoms with Gasteiger partial charge in [0, 0.05) is 11.1 Å². The number of thioether (sulfide) groups is 1. The van der Waals surface area contributed by atoms with Crippen LogP contribution >= 0.6 is 11.8 Å². The van der Waals surface area contributed by atoms with Crippen molar-refractivity contribution in [2.45, 2.75) is 38.9 Å². The highest BCUT2D eigenvalue weighted by molar-refractivity contribution is 8.00. The van der Waals surface area contributed by atoms with Crippen molar-refractivity contribution >= 4 is 17.5 Å². The van der Waals surface area contributed by atoms with Crippen molar-refractivity contribution in [1.29, 1.82) is 5.26 Å². The van der Waals surface area contributed by atoms with Gasteiger partial charge in [0.2, 0.25) is 0 Å². The second-order valence-corrected chi connectivity index (χ2v) is 6.53. The average Bonchev–Trinajstić information content (AvgIpc) is 2.32. The van der Waals surface area contributed by atoms with E-state index in [4.69, 9.17) is 5.26 Å². The summed E-state index contributed by atoms with van der Waals surface area (Å²) in [5.74, 6) is -0.139. The molecule has 0 radical (unpaired) electrons. The first-order valence-corrected chi connectivity index (χ1v) is 7.10. The van der Waals surface area contributed by atoms with E-state index < -0.39 is 22.7 Å². The van der Waals surface area contributed by atoms with Crippen molar-refractivity contribution < 1.29 is 18.0 Å². The third-order valence-electron chi connectivity index (χ3n) is 2.71. The molecule has 0 amide bonds. The molecule has 0 spiro atoms. The molecule has 1 aromatic heterocycles. The number of nitriles is 1. The second-order valence-electron chi connectivity index (χ2n) is 5.56. The Hall–Kier alpha value is -1.55. The molecule has 3 nitrogen and oxygen atoms in total. The summed E-state index contributed by atoms with van der Waals surface area (Å²) in [6.07, 6.45) is -4.62. The third-order valence-corrected chi connectivity index (χ3v) is 3.68. The van der Waals surface area contributed by atoms with Crippen molar-refractivity contribution in [1.82, 2.24) is 4.98 Å². The largest absolute Gasteiger partial charge is 0.417 e. The highest BCUT2D eigenvalue weighted by Gasteiger charge is 2.35. The first-order valence-electron chi connectivity index (χ1n) is 6.12. The maximum atomic E-state index is 12.9. The van der Waals surface area contributed by atoms with Crippen molar-refractivity contribution in [3.63, 3.8) is 0 Å². The van der Waals surface area contributed by atoms with E-state index in [1.54, 1.807) is 26.8 Å². The van der Waals surface area contributed by atoms with Gasteiger partial charge in [0.25, 0.3) is 0 Å². The zero-order chi connectivity index (χ0) is 16.4. The number of carbonyl (C=O) groups excluding carboxylic acids is 1. The fraction of sp³-hybridized carbons (Fsp3) is 0.500. The van der Waals surface area contributed by atoms with Gasteiger partial charge >= 0.3 is 6.18 Å². The Morgan fingerprint density at radius 3 is 2.38 bits per heavy atom. The van der Waals surface area contributed by atoms with Crippen LogP contribution in [0.1, 0.15) is 37.6 Å². The number of pyridine rings is 1. The second kappa shape index (κ2) is 6.06. The number of hydrogen-bond donors (Lipinski definition) is 0. The van der Waals surface area contributed by atoms with Gasteiger partial charge in [-0.1, -0.05) is 32.5 Å². The van der Waals surface area contributed by atoms with Crippen LogP contribution in [0.15, 0.2) is 11.1 Å². The minimum Gasteiger partial charge on any atom is -0.298 e. The minimum absolute atomic E-state index is 0.0219. The number of carbonyl (C=O) groups is 1. The number of Topliss-reactive ketones (excluding diaryl/α,β-unsaturated/α-hetero) is 1. The number of ketones is 1. The first kappa shape index (κ1) is 17.5. The minimum atomic E-state index is -4.62. The molecule has 1 heterocycles. The van der Waals surface area contributed by atoms with Crippen LogP contribution in [0.25, 0.3) is 0 Å². The number of halogens is 3. The van der Waals surface area contributed by atoms with Gasteiger partial charge < -0.3 is 0 Å². The molecule has 0 N–H and O–H groups in total. The van der Waals surface area contributed by atoms with Gasteiger partial charge in [0.1, 0.15) is 16.9 Å². The molecule has 1 rings (SSSR count). The number of aryl methyl sites for hydroxylation is 1. The Morgan fingerprint density at radius 2 is 1.95 bits per heavy atom. The molecule has 0 aliphatic heterocycles. The van der Waals surface area contributed by atoms with E-state index in [1.165, 1.54) is 6.92 Å². The fourth-order valence-corrected chi connectivity index (χ4v) is 2.64. The molecule has 0 aromatic carbocycles. The summed E-state index contributed by atoms with van der Waals surface area (Å²) in [7, 11) is 0. The Morgan fingerprint density at radius 1 is 1.38 bits per heavy atom. The Labute approximate surface area is 125 Å². The molecule has 21 heavy (non-hydrogen) atoms. The molecular formula is C14H15F3N2OS. The Bertz CT molecular complexity index is 598. The van der Waals surface area contributed by atoms with Crippen LogP contribution < -0.4 is 0 Å². The molecule has 0 aliphatic carbocycles. The van der Waals surface area contributed by atoms with Gasteiger partial charge in [-0.25, -0.2) is 4.98 Å². The molecule has 0 bridgehead atoms. The van der Waals surface area contributed by atoms with E-state index in [1.807, 2.05) is 0 Å². The first-order chi connectivity index (χ1) is 9.46. The molecule has 0 unspecified atom stereocenters. The van der Waals surface area contributed by atoms with Gasteiger partial charge in [-0.3, -0.25) is 4.79 Å². The highest BCUT2D eigenvalue weighted by Crippen LogP contribution is 2.36. The lowest BCUT2D eigenvalue weighted by Crippen LogP contribution is -2.22. The molecule has 0 fully saturated rings. The van der Waals surface area contributed by atoms with Crippen molar-refractivity contribution in [2.24, 2.45) is 5.41 Å². The van der Waals surface area contributed by atoms with Crippen LogP contribution in [0.4, 0.5) is 13.2 Å². The number of nitrogens with zero attached hydrogens (tertiary/aromatic N) is 2. The maximum Gasteiger partial charge on any atom is 0.417 e. The molecule has 0 atom stereocenters. The maximum absolute atomic E-state index is 12.9. The monoisotopic (exact) mass is 316 g/mol. The quantitative estimate of drug-likeness (QED) is 0.791. The van der Waals surface area contributed by atoms with Crippen LogP contribution in [0.3, 0.4) is 0 Å². The lowest BCUT2D eigenvalue weighted by Gasteiger charge is -2.17. The molecule has 114 valence electrons. The van der Waals surface area contributed by atoms with E-state index >= 15 is 0 Å². The summed E-state index contributed by atoms with van der Waals surface area (Å²) in [5, 5.41) is 8.94. The standard InChI is InChI=1S/C14H15F3N2OS/c1-8-5-10(14(15,16)17)9(6-18)12(19-8)21-7-11(20)13(2,3)4/h5H,7H2,1-4H3. The van der Waals surface area contributed by atoms with Gasteiger partial charge in [-0.2, -0.15) is 18.4 Å². The zero-order valence-electron chi connectivity index (χ0n) is 12.1. The number of aromatic nitrogens is 1. The smallest absolute Gasteiger partial charge is 0.298 e.